The standard InChI is InChI=1S/C18H14F5N5O3S/c19-13-3-1-11(6-14(13)20)28-17-7-16(26-9-27-17)25-8-10-5-12(32(24,29)30)2-4-15(10)31-18(21,22)23/h1-7,9H,8H2,(H2,24,29,30)(H2,25,26,27,28). The molecule has 0 spiro atoms. The number of sulfonamides is 1. The Morgan fingerprint density at radius 2 is 1.69 bits per heavy atom. The summed E-state index contributed by atoms with van der Waals surface area (Å²) in [5.74, 6) is -2.44. The summed E-state index contributed by atoms with van der Waals surface area (Å²) in [5, 5.41) is 10.5. The van der Waals surface area contributed by atoms with Crippen LogP contribution in [0.3, 0.4) is 0 Å². The Balaban J connectivity index is 1.81. The van der Waals surface area contributed by atoms with E-state index in [1.54, 1.807) is 0 Å². The van der Waals surface area contributed by atoms with Crippen molar-refractivity contribution < 1.29 is 35.1 Å². The van der Waals surface area contributed by atoms with Crippen molar-refractivity contribution in [1.29, 1.82) is 0 Å². The highest BCUT2D eigenvalue weighted by molar-refractivity contribution is 7.89. The normalized spacial score (nSPS) is 11.8. The fourth-order valence-corrected chi connectivity index (χ4v) is 3.09. The van der Waals surface area contributed by atoms with Crippen LogP contribution in [0.4, 0.5) is 39.3 Å². The molecule has 0 saturated heterocycles. The maximum atomic E-state index is 13.3. The van der Waals surface area contributed by atoms with Crippen molar-refractivity contribution in [2.45, 2.75) is 17.8 Å². The van der Waals surface area contributed by atoms with Crippen molar-refractivity contribution in [2.75, 3.05) is 10.6 Å². The number of hydrogen-bond acceptors (Lipinski definition) is 7. The van der Waals surface area contributed by atoms with E-state index >= 15 is 0 Å². The molecule has 0 radical (unpaired) electrons. The lowest BCUT2D eigenvalue weighted by atomic mass is 10.2. The highest BCUT2D eigenvalue weighted by Crippen LogP contribution is 2.29. The first-order valence-corrected chi connectivity index (χ1v) is 10.1. The lowest BCUT2D eigenvalue weighted by Gasteiger charge is -2.15. The van der Waals surface area contributed by atoms with E-state index in [0.29, 0.717) is 0 Å². The quantitative estimate of drug-likeness (QED) is 0.446. The second kappa shape index (κ2) is 8.92. The average molecular weight is 475 g/mol. The minimum absolute atomic E-state index is 0.129. The van der Waals surface area contributed by atoms with Gasteiger partial charge < -0.3 is 15.4 Å². The van der Waals surface area contributed by atoms with Crippen molar-refractivity contribution in [2.24, 2.45) is 5.14 Å². The number of nitrogens with zero attached hydrogens (tertiary/aromatic N) is 2. The number of primary sulfonamides is 1. The van der Waals surface area contributed by atoms with Gasteiger partial charge in [0, 0.05) is 29.9 Å². The minimum Gasteiger partial charge on any atom is -0.405 e. The van der Waals surface area contributed by atoms with Crippen LogP contribution >= 0.6 is 0 Å². The third kappa shape index (κ3) is 6.24. The lowest BCUT2D eigenvalue weighted by Crippen LogP contribution is -2.19. The van der Waals surface area contributed by atoms with Gasteiger partial charge in [-0.15, -0.1) is 13.2 Å². The molecule has 3 rings (SSSR count). The molecule has 0 aliphatic carbocycles. The molecule has 0 unspecified atom stereocenters. The van der Waals surface area contributed by atoms with Gasteiger partial charge in [0.25, 0.3) is 0 Å². The Bertz CT molecular complexity index is 1240. The van der Waals surface area contributed by atoms with Crippen LogP contribution in [-0.4, -0.2) is 24.7 Å². The van der Waals surface area contributed by atoms with Crippen molar-refractivity contribution in [3.63, 3.8) is 0 Å². The molecule has 14 heteroatoms. The van der Waals surface area contributed by atoms with Gasteiger partial charge in [0.1, 0.15) is 23.7 Å². The number of rotatable bonds is 7. The topological polar surface area (TPSA) is 119 Å². The number of nitrogens with one attached hydrogen (secondary N) is 2. The molecule has 2 aromatic carbocycles. The number of aromatic nitrogens is 2. The zero-order chi connectivity index (χ0) is 23.5. The van der Waals surface area contributed by atoms with E-state index < -0.39 is 38.7 Å². The van der Waals surface area contributed by atoms with Gasteiger partial charge >= 0.3 is 6.36 Å². The smallest absolute Gasteiger partial charge is 0.405 e. The summed E-state index contributed by atoms with van der Waals surface area (Å²) in [6.45, 7) is -0.323. The van der Waals surface area contributed by atoms with Crippen LogP contribution in [0.15, 0.2) is 53.7 Å². The number of anilines is 3. The molecule has 0 fully saturated rings. The van der Waals surface area contributed by atoms with Crippen LogP contribution in [0, 0.1) is 11.6 Å². The molecule has 3 aromatic rings. The van der Waals surface area contributed by atoms with Gasteiger partial charge in [0.05, 0.1) is 4.90 Å². The molecule has 0 bridgehead atoms. The van der Waals surface area contributed by atoms with Gasteiger partial charge in [-0.3, -0.25) is 0 Å². The summed E-state index contributed by atoms with van der Waals surface area (Å²) in [4.78, 5) is 7.40. The Labute approximate surface area is 178 Å². The Morgan fingerprint density at radius 3 is 2.34 bits per heavy atom. The third-order valence-electron chi connectivity index (χ3n) is 3.91. The molecule has 32 heavy (non-hydrogen) atoms. The van der Waals surface area contributed by atoms with E-state index in [4.69, 9.17) is 5.14 Å². The van der Waals surface area contributed by atoms with E-state index in [9.17, 15) is 30.4 Å². The first-order valence-electron chi connectivity index (χ1n) is 8.60. The van der Waals surface area contributed by atoms with Gasteiger partial charge in [-0.05, 0) is 30.3 Å². The third-order valence-corrected chi connectivity index (χ3v) is 4.82. The summed E-state index contributed by atoms with van der Waals surface area (Å²) < 4.78 is 91.4. The molecule has 0 atom stereocenters. The van der Waals surface area contributed by atoms with E-state index in [0.717, 1.165) is 36.7 Å². The fourth-order valence-electron chi connectivity index (χ4n) is 2.53. The highest BCUT2D eigenvalue weighted by atomic mass is 32.2. The number of nitrogens with two attached hydrogens (primary N) is 1. The number of benzene rings is 2. The molecular weight excluding hydrogens is 461 g/mol. The first kappa shape index (κ1) is 23.1. The molecular formula is C18H14F5N5O3S. The molecule has 1 heterocycles. The molecule has 0 aliphatic rings. The summed E-state index contributed by atoms with van der Waals surface area (Å²) in [6.07, 6.45) is -3.90. The van der Waals surface area contributed by atoms with Gasteiger partial charge in [-0.2, -0.15) is 0 Å². The molecule has 0 aliphatic heterocycles. The maximum Gasteiger partial charge on any atom is 0.573 e. The monoisotopic (exact) mass is 475 g/mol. The number of halogens is 5. The Hall–Kier alpha value is -3.52. The van der Waals surface area contributed by atoms with Crippen molar-refractivity contribution in [1.82, 2.24) is 9.97 Å². The SMILES string of the molecule is NS(=O)(=O)c1ccc(OC(F)(F)F)c(CNc2cc(Nc3ccc(F)c(F)c3)ncn2)c1. The molecule has 170 valence electrons. The Kier molecular flexibility index (Phi) is 6.45. The van der Waals surface area contributed by atoms with Crippen LogP contribution in [0.2, 0.25) is 0 Å². The van der Waals surface area contributed by atoms with E-state index in [2.05, 4.69) is 25.3 Å². The molecule has 0 saturated carbocycles. The van der Waals surface area contributed by atoms with Gasteiger partial charge in [-0.1, -0.05) is 0 Å². The highest BCUT2D eigenvalue weighted by Gasteiger charge is 2.32. The maximum absolute atomic E-state index is 13.3. The van der Waals surface area contributed by atoms with Crippen LogP contribution in [0.5, 0.6) is 5.75 Å². The molecule has 0 amide bonds. The predicted molar refractivity (Wildman–Crippen MR) is 103 cm³/mol. The van der Waals surface area contributed by atoms with Crippen molar-refractivity contribution in [3.8, 4) is 5.75 Å². The zero-order valence-corrected chi connectivity index (χ0v) is 16.6. The van der Waals surface area contributed by atoms with Crippen LogP contribution in [-0.2, 0) is 16.6 Å². The summed E-state index contributed by atoms with van der Waals surface area (Å²) in [6, 6.07) is 7.09. The zero-order valence-electron chi connectivity index (χ0n) is 15.8. The summed E-state index contributed by atoms with van der Waals surface area (Å²) in [7, 11) is -4.17. The van der Waals surface area contributed by atoms with E-state index in [1.165, 1.54) is 12.1 Å². The lowest BCUT2D eigenvalue weighted by molar-refractivity contribution is -0.274. The predicted octanol–water partition coefficient (Wildman–Crippen LogP) is 3.66. The van der Waals surface area contributed by atoms with Crippen molar-refractivity contribution >= 4 is 27.3 Å². The first-order chi connectivity index (χ1) is 14.9. The van der Waals surface area contributed by atoms with Crippen LogP contribution in [0.25, 0.3) is 0 Å². The molecule has 8 nitrogen and oxygen atoms in total. The second-order valence-electron chi connectivity index (χ2n) is 6.26. The molecule has 1 aromatic heterocycles. The van der Waals surface area contributed by atoms with Crippen molar-refractivity contribution in [3.05, 3.63) is 66.0 Å². The fraction of sp³-hybridized carbons (Fsp3) is 0.111. The van der Waals surface area contributed by atoms with Gasteiger partial charge in [-0.25, -0.2) is 32.3 Å². The van der Waals surface area contributed by atoms with Gasteiger partial charge in [0.15, 0.2) is 11.6 Å². The molecule has 4 N–H and O–H groups in total. The van der Waals surface area contributed by atoms with E-state index in [-0.39, 0.29) is 29.4 Å². The average Bonchev–Trinajstić information content (AvgIpc) is 2.68. The minimum atomic E-state index is -5.01. The van der Waals surface area contributed by atoms with Crippen LogP contribution < -0.4 is 20.5 Å². The number of hydrogen-bond donors (Lipinski definition) is 3. The van der Waals surface area contributed by atoms with Gasteiger partial charge in [0.2, 0.25) is 10.0 Å². The summed E-state index contributed by atoms with van der Waals surface area (Å²) >= 11 is 0. The summed E-state index contributed by atoms with van der Waals surface area (Å²) in [5.41, 5.74) is 0.0258. The van der Waals surface area contributed by atoms with E-state index in [1.807, 2.05) is 0 Å². The number of ether oxygens (including phenoxy) is 1. The largest absolute Gasteiger partial charge is 0.573 e. The number of alkyl halides is 3. The Morgan fingerprint density at radius 1 is 0.969 bits per heavy atom. The van der Waals surface area contributed by atoms with Crippen LogP contribution in [0.1, 0.15) is 5.56 Å². The second-order valence-corrected chi connectivity index (χ2v) is 7.82.